The maximum atomic E-state index is 13.2. The van der Waals surface area contributed by atoms with Gasteiger partial charge in [0.25, 0.3) is 5.91 Å². The molecule has 6 heteroatoms. The number of anilines is 2. The molecule has 2 N–H and O–H groups in total. The van der Waals surface area contributed by atoms with Crippen LogP contribution < -0.4 is 10.6 Å². The fraction of sp³-hybridized carbons (Fsp3) is 0.143. The van der Waals surface area contributed by atoms with Crippen molar-refractivity contribution in [2.45, 2.75) is 6.92 Å². The van der Waals surface area contributed by atoms with Crippen LogP contribution in [0.4, 0.5) is 15.9 Å². The predicted octanol–water partition coefficient (Wildman–Crippen LogP) is 3.48. The third kappa shape index (κ3) is 3.45. The predicted molar refractivity (Wildman–Crippen MR) is 77.9 cm³/mol. The Hall–Kier alpha value is -2.14. The molecule has 0 fully saturated rings. The van der Waals surface area contributed by atoms with Crippen molar-refractivity contribution < 1.29 is 9.18 Å². The largest absolute Gasteiger partial charge is 0.373 e. The Balaban J connectivity index is 2.25. The lowest BCUT2D eigenvalue weighted by Gasteiger charge is -2.08. The zero-order valence-electron chi connectivity index (χ0n) is 11.0. The SMILES string of the molecule is CNc1cc(C(=O)Nc2cc(F)cc(Cl)c2)cc(C)n1. The van der Waals surface area contributed by atoms with Gasteiger partial charge in [-0.2, -0.15) is 0 Å². The lowest BCUT2D eigenvalue weighted by Crippen LogP contribution is -2.13. The van der Waals surface area contributed by atoms with E-state index < -0.39 is 5.82 Å². The topological polar surface area (TPSA) is 54.0 Å². The van der Waals surface area contributed by atoms with Crippen LogP contribution in [0.25, 0.3) is 0 Å². The van der Waals surface area contributed by atoms with Crippen LogP contribution >= 0.6 is 11.6 Å². The van der Waals surface area contributed by atoms with E-state index >= 15 is 0 Å². The number of nitrogens with zero attached hydrogens (tertiary/aromatic N) is 1. The highest BCUT2D eigenvalue weighted by Gasteiger charge is 2.10. The highest BCUT2D eigenvalue weighted by Crippen LogP contribution is 2.19. The summed E-state index contributed by atoms with van der Waals surface area (Å²) in [6.07, 6.45) is 0. The van der Waals surface area contributed by atoms with Crippen LogP contribution in [0.5, 0.6) is 0 Å². The lowest BCUT2D eigenvalue weighted by atomic mass is 10.2. The number of amides is 1. The molecule has 0 bridgehead atoms. The van der Waals surface area contributed by atoms with Gasteiger partial charge < -0.3 is 10.6 Å². The normalized spacial score (nSPS) is 10.2. The van der Waals surface area contributed by atoms with E-state index in [0.717, 1.165) is 0 Å². The molecule has 0 radical (unpaired) electrons. The molecule has 0 atom stereocenters. The second-order valence-corrected chi connectivity index (χ2v) is 4.68. The number of halogens is 2. The molecule has 2 aromatic rings. The molecule has 0 aliphatic rings. The number of hydrogen-bond donors (Lipinski definition) is 2. The minimum atomic E-state index is -0.505. The number of benzene rings is 1. The molecule has 0 saturated heterocycles. The molecular weight excluding hydrogens is 281 g/mol. The van der Waals surface area contributed by atoms with Crippen molar-refractivity contribution in [3.05, 3.63) is 52.4 Å². The summed E-state index contributed by atoms with van der Waals surface area (Å²) in [7, 11) is 1.72. The monoisotopic (exact) mass is 293 g/mol. The highest BCUT2D eigenvalue weighted by molar-refractivity contribution is 6.31. The fourth-order valence-corrected chi connectivity index (χ4v) is 1.98. The number of carbonyl (C=O) groups excluding carboxylic acids is 1. The Morgan fingerprint density at radius 1 is 1.25 bits per heavy atom. The van der Waals surface area contributed by atoms with Crippen LogP contribution in [0.1, 0.15) is 16.1 Å². The van der Waals surface area contributed by atoms with Gasteiger partial charge in [-0.05, 0) is 37.3 Å². The smallest absolute Gasteiger partial charge is 0.255 e. The molecule has 1 heterocycles. The van der Waals surface area contributed by atoms with Crippen molar-refractivity contribution >= 4 is 29.0 Å². The van der Waals surface area contributed by atoms with Crippen LogP contribution in [-0.4, -0.2) is 17.9 Å². The molecule has 1 amide bonds. The highest BCUT2D eigenvalue weighted by atomic mass is 35.5. The Morgan fingerprint density at radius 2 is 2.00 bits per heavy atom. The Morgan fingerprint density at radius 3 is 2.65 bits per heavy atom. The van der Waals surface area contributed by atoms with Crippen molar-refractivity contribution in [3.8, 4) is 0 Å². The molecular formula is C14H13ClFN3O. The second kappa shape index (κ2) is 5.88. The number of carbonyl (C=O) groups is 1. The maximum absolute atomic E-state index is 13.2. The van der Waals surface area contributed by atoms with Gasteiger partial charge in [-0.15, -0.1) is 0 Å². The number of aromatic nitrogens is 1. The minimum absolute atomic E-state index is 0.224. The van der Waals surface area contributed by atoms with Gasteiger partial charge in [0, 0.05) is 29.0 Å². The number of hydrogen-bond acceptors (Lipinski definition) is 3. The summed E-state index contributed by atoms with van der Waals surface area (Å²) in [4.78, 5) is 16.3. The first-order chi connectivity index (χ1) is 9.47. The average molecular weight is 294 g/mol. The van der Waals surface area contributed by atoms with E-state index in [4.69, 9.17) is 11.6 Å². The van der Waals surface area contributed by atoms with Crippen LogP contribution in [0.3, 0.4) is 0 Å². The number of pyridine rings is 1. The quantitative estimate of drug-likeness (QED) is 0.911. The first kappa shape index (κ1) is 14.3. The molecule has 0 aliphatic carbocycles. The van der Waals surface area contributed by atoms with Gasteiger partial charge in [0.15, 0.2) is 0 Å². The van der Waals surface area contributed by atoms with Crippen LogP contribution in [-0.2, 0) is 0 Å². The molecule has 0 spiro atoms. The standard InChI is InChI=1S/C14H13ClFN3O/c1-8-3-9(4-13(17-2)18-8)14(20)19-12-6-10(15)5-11(16)7-12/h3-7H,1-2H3,(H,17,18)(H,19,20). The Labute approximate surface area is 121 Å². The van der Waals surface area contributed by atoms with E-state index in [1.54, 1.807) is 26.1 Å². The maximum Gasteiger partial charge on any atom is 0.255 e. The van der Waals surface area contributed by atoms with Crippen molar-refractivity contribution in [2.75, 3.05) is 17.7 Å². The van der Waals surface area contributed by atoms with E-state index in [1.165, 1.54) is 18.2 Å². The van der Waals surface area contributed by atoms with E-state index in [-0.39, 0.29) is 10.9 Å². The van der Waals surface area contributed by atoms with Crippen molar-refractivity contribution in [1.29, 1.82) is 0 Å². The van der Waals surface area contributed by atoms with Crippen LogP contribution in [0.2, 0.25) is 5.02 Å². The average Bonchev–Trinajstić information content (AvgIpc) is 2.36. The first-order valence-corrected chi connectivity index (χ1v) is 6.29. The molecule has 4 nitrogen and oxygen atoms in total. The Kier molecular flexibility index (Phi) is 4.20. The third-order valence-electron chi connectivity index (χ3n) is 2.59. The summed E-state index contributed by atoms with van der Waals surface area (Å²) in [6, 6.07) is 7.12. The van der Waals surface area contributed by atoms with Crippen LogP contribution in [0, 0.1) is 12.7 Å². The zero-order chi connectivity index (χ0) is 14.7. The summed E-state index contributed by atoms with van der Waals surface area (Å²) in [5.41, 5.74) is 1.45. The lowest BCUT2D eigenvalue weighted by molar-refractivity contribution is 0.102. The van der Waals surface area contributed by atoms with E-state index in [9.17, 15) is 9.18 Å². The van der Waals surface area contributed by atoms with E-state index in [2.05, 4.69) is 15.6 Å². The third-order valence-corrected chi connectivity index (χ3v) is 2.81. The molecule has 2 rings (SSSR count). The van der Waals surface area contributed by atoms with Gasteiger partial charge in [-0.3, -0.25) is 4.79 Å². The second-order valence-electron chi connectivity index (χ2n) is 4.24. The summed E-state index contributed by atoms with van der Waals surface area (Å²) >= 11 is 5.74. The fourth-order valence-electron chi connectivity index (χ4n) is 1.76. The molecule has 1 aromatic carbocycles. The van der Waals surface area contributed by atoms with Crippen LogP contribution in [0.15, 0.2) is 30.3 Å². The zero-order valence-corrected chi connectivity index (χ0v) is 11.8. The van der Waals surface area contributed by atoms with Crippen molar-refractivity contribution in [3.63, 3.8) is 0 Å². The number of aryl methyl sites for hydroxylation is 1. The molecule has 0 unspecified atom stereocenters. The summed E-state index contributed by atoms with van der Waals surface area (Å²) < 4.78 is 13.2. The Bertz CT molecular complexity index is 641. The van der Waals surface area contributed by atoms with E-state index in [1.807, 2.05) is 0 Å². The molecule has 0 saturated carbocycles. The van der Waals surface area contributed by atoms with Gasteiger partial charge in [-0.25, -0.2) is 9.37 Å². The van der Waals surface area contributed by atoms with Gasteiger partial charge in [0.2, 0.25) is 0 Å². The van der Waals surface area contributed by atoms with Crippen molar-refractivity contribution in [2.24, 2.45) is 0 Å². The molecule has 0 aliphatic heterocycles. The summed E-state index contributed by atoms with van der Waals surface area (Å²) in [6.45, 7) is 1.79. The van der Waals surface area contributed by atoms with Crippen molar-refractivity contribution in [1.82, 2.24) is 4.98 Å². The summed E-state index contributed by atoms with van der Waals surface area (Å²) in [5.74, 6) is -0.268. The molecule has 1 aromatic heterocycles. The van der Waals surface area contributed by atoms with Gasteiger partial charge >= 0.3 is 0 Å². The van der Waals surface area contributed by atoms with Gasteiger partial charge in [0.05, 0.1) is 0 Å². The number of rotatable bonds is 3. The molecule has 20 heavy (non-hydrogen) atoms. The van der Waals surface area contributed by atoms with Gasteiger partial charge in [-0.1, -0.05) is 11.6 Å². The van der Waals surface area contributed by atoms with Gasteiger partial charge in [0.1, 0.15) is 11.6 Å². The number of nitrogens with one attached hydrogen (secondary N) is 2. The minimum Gasteiger partial charge on any atom is -0.373 e. The molecule has 104 valence electrons. The first-order valence-electron chi connectivity index (χ1n) is 5.92. The summed E-state index contributed by atoms with van der Waals surface area (Å²) in [5, 5.41) is 5.70. The van der Waals surface area contributed by atoms with E-state index in [0.29, 0.717) is 22.8 Å².